The summed E-state index contributed by atoms with van der Waals surface area (Å²) in [5, 5.41) is 15.3. The highest BCUT2D eigenvalue weighted by Crippen LogP contribution is 2.30. The third-order valence-electron chi connectivity index (χ3n) is 6.41. The summed E-state index contributed by atoms with van der Waals surface area (Å²) in [6.45, 7) is 2.40. The smallest absolute Gasteiger partial charge is 0.352 e. The van der Waals surface area contributed by atoms with Crippen LogP contribution in [0, 0.1) is 0 Å². The average molecular weight is 618 g/mol. The van der Waals surface area contributed by atoms with Crippen LogP contribution in [0.25, 0.3) is 12.2 Å². The average Bonchev–Trinajstić information content (AvgIpc) is 2.97. The largest absolute Gasteiger partial charge is 0.478 e. The van der Waals surface area contributed by atoms with Gasteiger partial charge in [0.25, 0.3) is 0 Å². The zero-order valence-corrected chi connectivity index (χ0v) is 24.7. The third kappa shape index (κ3) is 8.09. The number of hydrogen-bond acceptors (Lipinski definition) is 7. The molecule has 0 saturated carbocycles. The van der Waals surface area contributed by atoms with Gasteiger partial charge in [0.15, 0.2) is 11.3 Å². The molecule has 3 N–H and O–H groups in total. The quantitative estimate of drug-likeness (QED) is 0.233. The minimum atomic E-state index is -1.18. The fraction of sp³-hybridized carbons (Fsp3) is 0.300. The third-order valence-corrected chi connectivity index (χ3v) is 8.15. The Morgan fingerprint density at radius 2 is 2.02 bits per heavy atom. The molecule has 4 rings (SSSR count). The summed E-state index contributed by atoms with van der Waals surface area (Å²) in [6.07, 6.45) is 5.94. The van der Waals surface area contributed by atoms with Crippen LogP contribution < -0.4 is 10.6 Å². The van der Waals surface area contributed by atoms with Crippen LogP contribution in [0.15, 0.2) is 65.0 Å². The molecule has 0 fully saturated rings. The number of alkyl halides is 1. The van der Waals surface area contributed by atoms with Crippen molar-refractivity contribution < 1.29 is 29.0 Å². The van der Waals surface area contributed by atoms with Gasteiger partial charge >= 0.3 is 11.9 Å². The topological polar surface area (TPSA) is 114 Å². The van der Waals surface area contributed by atoms with E-state index in [0.717, 1.165) is 27.8 Å². The van der Waals surface area contributed by atoms with Crippen molar-refractivity contribution in [2.24, 2.45) is 0 Å². The number of rotatable bonds is 11. The van der Waals surface area contributed by atoms with E-state index in [0.29, 0.717) is 23.8 Å². The number of carbonyl (C=O) groups is 3. The van der Waals surface area contributed by atoms with Gasteiger partial charge in [0, 0.05) is 17.7 Å². The number of carbonyl (C=O) groups excluding carboxylic acids is 2. The van der Waals surface area contributed by atoms with Crippen LogP contribution >= 0.6 is 35.0 Å². The predicted molar refractivity (Wildman–Crippen MR) is 161 cm³/mol. The van der Waals surface area contributed by atoms with E-state index in [9.17, 15) is 19.5 Å². The lowest BCUT2D eigenvalue weighted by Crippen LogP contribution is -2.55. The number of halogens is 2. The summed E-state index contributed by atoms with van der Waals surface area (Å²) in [7, 11) is 0. The van der Waals surface area contributed by atoms with Gasteiger partial charge in [-0.15, -0.1) is 23.4 Å². The standard InChI is InChI=1S/C30H30Cl2N2O6S/c1-2-10-39-30(38)27(33-25(35)11-18-6-4-3-5-7-18)28-34-26(29(36)37)20(17-41-28)9-8-19-12-21-14-24(32)40-16-23(21)13-22(19)15-31/h3-9,12-14,27-28,34H,2,10-11,15-17H2,1H3,(H,33,35)(H,36,37)/b9-8+. The number of carboxylic acids is 1. The fourth-order valence-electron chi connectivity index (χ4n) is 4.36. The van der Waals surface area contributed by atoms with Gasteiger partial charge in [-0.25, -0.2) is 9.59 Å². The lowest BCUT2D eigenvalue weighted by atomic mass is 9.97. The van der Waals surface area contributed by atoms with Gasteiger partial charge in [0.2, 0.25) is 5.91 Å². The van der Waals surface area contributed by atoms with Gasteiger partial charge in [-0.05, 0) is 63.5 Å². The number of nitrogens with one attached hydrogen (secondary N) is 2. The Morgan fingerprint density at radius 3 is 2.73 bits per heavy atom. The van der Waals surface area contributed by atoms with E-state index in [1.807, 2.05) is 55.5 Å². The minimum Gasteiger partial charge on any atom is -0.478 e. The Bertz CT molecular complexity index is 1390. The highest BCUT2D eigenvalue weighted by atomic mass is 35.5. The van der Waals surface area contributed by atoms with E-state index in [2.05, 4.69) is 10.6 Å². The van der Waals surface area contributed by atoms with Gasteiger partial charge in [0.1, 0.15) is 17.7 Å². The van der Waals surface area contributed by atoms with Crippen molar-refractivity contribution in [3.8, 4) is 0 Å². The number of hydrogen-bond donors (Lipinski definition) is 3. The second-order valence-corrected chi connectivity index (χ2v) is 11.2. The van der Waals surface area contributed by atoms with Crippen LogP contribution in [0.3, 0.4) is 0 Å². The number of fused-ring (bicyclic) bond motifs is 1. The molecule has 0 spiro atoms. The first-order chi connectivity index (χ1) is 19.8. The number of thioether (sulfide) groups is 1. The number of carboxylic acid groups (broad SMARTS) is 1. The van der Waals surface area contributed by atoms with Crippen molar-refractivity contribution >= 4 is 65.0 Å². The molecule has 1 amide bonds. The molecule has 2 aromatic carbocycles. The van der Waals surface area contributed by atoms with E-state index in [4.69, 9.17) is 32.7 Å². The van der Waals surface area contributed by atoms with Crippen molar-refractivity contribution in [1.29, 1.82) is 0 Å². The molecular weight excluding hydrogens is 587 g/mol. The Balaban J connectivity index is 1.56. The Morgan fingerprint density at radius 1 is 1.24 bits per heavy atom. The number of benzene rings is 2. The first-order valence-electron chi connectivity index (χ1n) is 13.0. The second kappa shape index (κ2) is 14.5. The molecule has 0 saturated heterocycles. The molecule has 0 aliphatic carbocycles. The maximum atomic E-state index is 13.0. The minimum absolute atomic E-state index is 0.0580. The van der Waals surface area contributed by atoms with E-state index in [-0.39, 0.29) is 36.3 Å². The normalized spacial score (nSPS) is 17.1. The first-order valence-corrected chi connectivity index (χ1v) is 15.0. The molecule has 41 heavy (non-hydrogen) atoms. The summed E-state index contributed by atoms with van der Waals surface area (Å²) >= 11 is 13.5. The molecule has 0 bridgehead atoms. The molecule has 216 valence electrons. The number of ether oxygens (including phenoxy) is 2. The molecular formula is C30H30Cl2N2O6S. The molecule has 0 aromatic heterocycles. The van der Waals surface area contributed by atoms with Crippen molar-refractivity contribution in [2.75, 3.05) is 12.4 Å². The number of esters is 1. The highest BCUT2D eigenvalue weighted by molar-refractivity contribution is 8.00. The predicted octanol–water partition coefficient (Wildman–Crippen LogP) is 5.19. The summed E-state index contributed by atoms with van der Waals surface area (Å²) in [4.78, 5) is 38.1. The molecule has 2 aliphatic heterocycles. The Kier molecular flexibility index (Phi) is 10.8. The van der Waals surface area contributed by atoms with Gasteiger partial charge in [-0.1, -0.05) is 49.4 Å². The second-order valence-electron chi connectivity index (χ2n) is 9.41. The zero-order valence-electron chi connectivity index (χ0n) is 22.3. The van der Waals surface area contributed by atoms with Gasteiger partial charge in [-0.3, -0.25) is 4.79 Å². The van der Waals surface area contributed by atoms with Crippen LogP contribution in [0.5, 0.6) is 0 Å². The summed E-state index contributed by atoms with van der Waals surface area (Å²) in [6, 6.07) is 11.9. The number of allylic oxidation sites excluding steroid dienone is 1. The first kappa shape index (κ1) is 30.6. The highest BCUT2D eigenvalue weighted by Gasteiger charge is 2.36. The molecule has 2 aromatic rings. The van der Waals surface area contributed by atoms with Crippen molar-refractivity contribution in [3.63, 3.8) is 0 Å². The van der Waals surface area contributed by atoms with Crippen LogP contribution in [0.2, 0.25) is 0 Å². The molecule has 8 nitrogen and oxygen atoms in total. The van der Waals surface area contributed by atoms with E-state index < -0.39 is 23.4 Å². The maximum Gasteiger partial charge on any atom is 0.352 e. The van der Waals surface area contributed by atoms with E-state index >= 15 is 0 Å². The Labute approximate surface area is 252 Å². The molecule has 11 heteroatoms. The van der Waals surface area contributed by atoms with Crippen molar-refractivity contribution in [1.82, 2.24) is 10.6 Å². The van der Waals surface area contributed by atoms with Crippen LogP contribution in [-0.2, 0) is 42.8 Å². The van der Waals surface area contributed by atoms with E-state index in [1.54, 1.807) is 12.2 Å². The number of amides is 1. The van der Waals surface area contributed by atoms with Crippen LogP contribution in [0.1, 0.15) is 41.2 Å². The van der Waals surface area contributed by atoms with Gasteiger partial charge in [0.05, 0.1) is 13.0 Å². The Hall–Kier alpha value is -3.40. The summed E-state index contributed by atoms with van der Waals surface area (Å²) < 4.78 is 10.7. The molecule has 2 heterocycles. The maximum absolute atomic E-state index is 13.0. The molecule has 2 aliphatic rings. The van der Waals surface area contributed by atoms with Gasteiger partial charge < -0.3 is 25.2 Å². The molecule has 0 radical (unpaired) electrons. The van der Waals surface area contributed by atoms with Crippen molar-refractivity contribution in [2.45, 2.75) is 43.7 Å². The van der Waals surface area contributed by atoms with Crippen LogP contribution in [0.4, 0.5) is 0 Å². The lowest BCUT2D eigenvalue weighted by Gasteiger charge is -2.31. The number of aliphatic carboxylic acids is 1. The summed E-state index contributed by atoms with van der Waals surface area (Å²) in [5.74, 6) is -1.64. The van der Waals surface area contributed by atoms with Gasteiger partial charge in [-0.2, -0.15) is 0 Å². The zero-order chi connectivity index (χ0) is 29.4. The lowest BCUT2D eigenvalue weighted by molar-refractivity contribution is -0.148. The van der Waals surface area contributed by atoms with E-state index in [1.165, 1.54) is 11.8 Å². The van der Waals surface area contributed by atoms with Crippen LogP contribution in [-0.4, -0.2) is 46.7 Å². The van der Waals surface area contributed by atoms with Crippen molar-refractivity contribution in [3.05, 3.63) is 92.8 Å². The fourth-order valence-corrected chi connectivity index (χ4v) is 5.93. The molecule has 2 unspecified atom stereocenters. The molecule has 2 atom stereocenters. The summed E-state index contributed by atoms with van der Waals surface area (Å²) in [5.41, 5.74) is 4.79. The monoisotopic (exact) mass is 616 g/mol. The SMILES string of the molecule is CCCOC(=O)C(NC(=O)Cc1ccccc1)C1NC(C(=O)O)=C(/C=C/c2cc3c(cc2CCl)COC(Cl)=C3)CS1.